The highest BCUT2D eigenvalue weighted by Crippen LogP contribution is 2.52. The Bertz CT molecular complexity index is 590. The van der Waals surface area contributed by atoms with E-state index in [0.29, 0.717) is 22.2 Å². The standard InChI is InChI=1S/C17H24N2O2S/c1-16(2)8-13-9-17(3,11-16)12-18(13)14(20)10-22-15-6-4-5-7-19(15)21/h4-7,13H,8-12H2,1-3H3/t13-,17-/m1/s1. The van der Waals surface area contributed by atoms with E-state index in [2.05, 4.69) is 25.7 Å². The first-order valence-corrected chi connectivity index (χ1v) is 8.87. The molecule has 2 aliphatic rings. The Balaban J connectivity index is 1.65. The van der Waals surface area contributed by atoms with E-state index in [9.17, 15) is 10.0 Å². The highest BCUT2D eigenvalue weighted by molar-refractivity contribution is 7.99. The number of nitrogens with zero attached hydrogens (tertiary/aromatic N) is 2. The molecule has 22 heavy (non-hydrogen) atoms. The molecule has 1 amide bonds. The van der Waals surface area contributed by atoms with Crippen molar-refractivity contribution >= 4 is 17.7 Å². The van der Waals surface area contributed by atoms with Crippen LogP contribution in [0.25, 0.3) is 0 Å². The van der Waals surface area contributed by atoms with Crippen LogP contribution in [-0.2, 0) is 4.79 Å². The molecular weight excluding hydrogens is 296 g/mol. The second-order valence-corrected chi connectivity index (χ2v) is 8.88. The molecule has 1 aliphatic carbocycles. The molecule has 1 saturated carbocycles. The van der Waals surface area contributed by atoms with E-state index >= 15 is 0 Å². The summed E-state index contributed by atoms with van der Waals surface area (Å²) in [5.74, 6) is 0.513. The number of carbonyl (C=O) groups excluding carboxylic acids is 1. The molecule has 2 bridgehead atoms. The number of thioether (sulfide) groups is 1. The van der Waals surface area contributed by atoms with Crippen LogP contribution in [0, 0.1) is 16.0 Å². The van der Waals surface area contributed by atoms with Crippen molar-refractivity contribution in [3.8, 4) is 0 Å². The molecule has 5 heteroatoms. The number of pyridine rings is 1. The van der Waals surface area contributed by atoms with Gasteiger partial charge in [0.25, 0.3) is 5.03 Å². The number of carbonyl (C=O) groups is 1. The summed E-state index contributed by atoms with van der Waals surface area (Å²) in [6.45, 7) is 7.80. The summed E-state index contributed by atoms with van der Waals surface area (Å²) < 4.78 is 0.824. The van der Waals surface area contributed by atoms with E-state index in [1.54, 1.807) is 12.1 Å². The predicted octanol–water partition coefficient (Wildman–Crippen LogP) is 2.84. The summed E-state index contributed by atoms with van der Waals surface area (Å²) in [5, 5.41) is 12.2. The van der Waals surface area contributed by atoms with Crippen molar-refractivity contribution < 1.29 is 9.52 Å². The van der Waals surface area contributed by atoms with E-state index in [-0.39, 0.29) is 11.3 Å². The minimum absolute atomic E-state index is 0.167. The lowest BCUT2D eigenvalue weighted by atomic mass is 9.65. The summed E-state index contributed by atoms with van der Waals surface area (Å²) in [4.78, 5) is 14.7. The minimum Gasteiger partial charge on any atom is -0.618 e. The van der Waals surface area contributed by atoms with Crippen molar-refractivity contribution in [3.05, 3.63) is 29.6 Å². The van der Waals surface area contributed by atoms with Crippen molar-refractivity contribution in [1.82, 2.24) is 4.90 Å². The number of aromatic nitrogens is 1. The molecular formula is C17H24N2O2S. The SMILES string of the molecule is CC1(C)C[C@@H]2C[C@@](C)(CN2C(=O)CSc2cccc[n+]2[O-])C1. The molecule has 0 aromatic carbocycles. The van der Waals surface area contributed by atoms with Crippen LogP contribution >= 0.6 is 11.8 Å². The largest absolute Gasteiger partial charge is 0.618 e. The fraction of sp³-hybridized carbons (Fsp3) is 0.647. The minimum atomic E-state index is 0.167. The number of likely N-dealkylation sites (tertiary alicyclic amines) is 1. The van der Waals surface area contributed by atoms with E-state index in [1.165, 1.54) is 24.4 Å². The lowest BCUT2D eigenvalue weighted by Gasteiger charge is -2.39. The van der Waals surface area contributed by atoms with E-state index in [4.69, 9.17) is 0 Å². The van der Waals surface area contributed by atoms with Gasteiger partial charge >= 0.3 is 0 Å². The fourth-order valence-electron chi connectivity index (χ4n) is 4.49. The number of amides is 1. The highest BCUT2D eigenvalue weighted by Gasteiger charge is 2.50. The van der Waals surface area contributed by atoms with Crippen LogP contribution in [-0.4, -0.2) is 29.1 Å². The summed E-state index contributed by atoms with van der Waals surface area (Å²) in [5.41, 5.74) is 0.579. The fourth-order valence-corrected chi connectivity index (χ4v) is 5.29. The number of rotatable bonds is 3. The molecule has 0 N–H and O–H groups in total. The molecule has 1 saturated heterocycles. The molecule has 1 aromatic rings. The van der Waals surface area contributed by atoms with Crippen LogP contribution in [0.1, 0.15) is 40.0 Å². The maximum atomic E-state index is 12.6. The summed E-state index contributed by atoms with van der Waals surface area (Å²) >= 11 is 1.33. The molecule has 4 nitrogen and oxygen atoms in total. The van der Waals surface area contributed by atoms with Crippen LogP contribution in [0.5, 0.6) is 0 Å². The third kappa shape index (κ3) is 3.09. The van der Waals surface area contributed by atoms with Crippen LogP contribution < -0.4 is 4.73 Å². The van der Waals surface area contributed by atoms with Crippen molar-refractivity contribution in [1.29, 1.82) is 0 Å². The van der Waals surface area contributed by atoms with Crippen LogP contribution in [0.3, 0.4) is 0 Å². The van der Waals surface area contributed by atoms with Gasteiger partial charge in [-0.2, -0.15) is 4.73 Å². The Kier molecular flexibility index (Phi) is 3.87. The molecule has 0 unspecified atom stereocenters. The quantitative estimate of drug-likeness (QED) is 0.489. The Morgan fingerprint density at radius 3 is 2.91 bits per heavy atom. The van der Waals surface area contributed by atoms with Gasteiger partial charge in [0.15, 0.2) is 6.20 Å². The normalized spacial score (nSPS) is 29.6. The van der Waals surface area contributed by atoms with Crippen molar-refractivity contribution in [2.75, 3.05) is 12.3 Å². The van der Waals surface area contributed by atoms with Crippen LogP contribution in [0.15, 0.2) is 29.4 Å². The van der Waals surface area contributed by atoms with Gasteiger partial charge < -0.3 is 10.1 Å². The van der Waals surface area contributed by atoms with Crippen LogP contribution in [0.4, 0.5) is 0 Å². The molecule has 120 valence electrons. The third-order valence-corrected chi connectivity index (χ3v) is 5.87. The van der Waals surface area contributed by atoms with Crippen LogP contribution in [0.2, 0.25) is 0 Å². The van der Waals surface area contributed by atoms with Gasteiger partial charge in [-0.05, 0) is 47.9 Å². The monoisotopic (exact) mass is 320 g/mol. The smallest absolute Gasteiger partial charge is 0.251 e. The van der Waals surface area contributed by atoms with Gasteiger partial charge in [0, 0.05) is 24.7 Å². The Labute approximate surface area is 136 Å². The molecule has 2 atom stereocenters. The van der Waals surface area contributed by atoms with E-state index < -0.39 is 0 Å². The second kappa shape index (κ2) is 5.44. The summed E-state index contributed by atoms with van der Waals surface area (Å²) in [6.07, 6.45) is 4.87. The van der Waals surface area contributed by atoms with Crippen molar-refractivity contribution in [3.63, 3.8) is 0 Å². The molecule has 1 aromatic heterocycles. The topological polar surface area (TPSA) is 47.2 Å². The number of hydrogen-bond donors (Lipinski definition) is 0. The van der Waals surface area contributed by atoms with Gasteiger partial charge in [0.1, 0.15) is 0 Å². The third-order valence-electron chi connectivity index (χ3n) is 4.87. The average Bonchev–Trinajstić information content (AvgIpc) is 2.67. The molecule has 0 radical (unpaired) electrons. The van der Waals surface area contributed by atoms with Gasteiger partial charge in [-0.15, -0.1) is 0 Å². The first-order valence-electron chi connectivity index (χ1n) is 7.89. The van der Waals surface area contributed by atoms with E-state index in [1.807, 2.05) is 6.07 Å². The van der Waals surface area contributed by atoms with Gasteiger partial charge in [-0.1, -0.05) is 20.8 Å². The lowest BCUT2D eigenvalue weighted by molar-refractivity contribution is -0.645. The van der Waals surface area contributed by atoms with E-state index in [0.717, 1.165) is 24.1 Å². The van der Waals surface area contributed by atoms with Gasteiger partial charge in [0.2, 0.25) is 5.91 Å². The first kappa shape index (κ1) is 15.7. The Morgan fingerprint density at radius 2 is 2.18 bits per heavy atom. The van der Waals surface area contributed by atoms with Crippen molar-refractivity contribution in [2.45, 2.75) is 51.1 Å². The zero-order valence-corrected chi connectivity index (χ0v) is 14.4. The Morgan fingerprint density at radius 1 is 1.41 bits per heavy atom. The molecule has 2 heterocycles. The average molecular weight is 320 g/mol. The maximum Gasteiger partial charge on any atom is 0.251 e. The summed E-state index contributed by atoms with van der Waals surface area (Å²) in [7, 11) is 0. The number of fused-ring (bicyclic) bond motifs is 2. The molecule has 0 spiro atoms. The zero-order chi connectivity index (χ0) is 16.0. The maximum absolute atomic E-state index is 12.6. The van der Waals surface area contributed by atoms with Gasteiger partial charge in [-0.3, -0.25) is 4.79 Å². The molecule has 2 fully saturated rings. The molecule has 1 aliphatic heterocycles. The number of hydrogen-bond acceptors (Lipinski definition) is 3. The Hall–Kier alpha value is -1.23. The van der Waals surface area contributed by atoms with Gasteiger partial charge in [-0.25, -0.2) is 0 Å². The second-order valence-electron chi connectivity index (χ2n) is 7.89. The molecule has 3 rings (SSSR count). The predicted molar refractivity (Wildman–Crippen MR) is 87.4 cm³/mol. The zero-order valence-electron chi connectivity index (χ0n) is 13.5. The summed E-state index contributed by atoms with van der Waals surface area (Å²) in [6, 6.07) is 5.66. The first-order chi connectivity index (χ1) is 10.3. The highest BCUT2D eigenvalue weighted by atomic mass is 32.2. The van der Waals surface area contributed by atoms with Gasteiger partial charge in [0.05, 0.1) is 5.75 Å². The van der Waals surface area contributed by atoms with Crippen molar-refractivity contribution in [2.24, 2.45) is 10.8 Å². The lowest BCUT2D eigenvalue weighted by Crippen LogP contribution is -2.39.